The highest BCUT2D eigenvalue weighted by atomic mass is 16.5. The number of nitrogens with zero attached hydrogens (tertiary/aromatic N) is 1. The van der Waals surface area contributed by atoms with Gasteiger partial charge in [-0.1, -0.05) is 13.0 Å². The van der Waals surface area contributed by atoms with E-state index in [0.29, 0.717) is 6.61 Å². The molecule has 3 nitrogen and oxygen atoms in total. The van der Waals surface area contributed by atoms with Gasteiger partial charge in [-0.2, -0.15) is 0 Å². The second kappa shape index (κ2) is 5.73. The predicted molar refractivity (Wildman–Crippen MR) is 54.9 cm³/mol. The van der Waals surface area contributed by atoms with Gasteiger partial charge in [-0.25, -0.2) is 0 Å². The number of aromatic nitrogens is 1. The smallest absolute Gasteiger partial charge is 0.0831 e. The zero-order valence-corrected chi connectivity index (χ0v) is 8.68. The lowest BCUT2D eigenvalue weighted by molar-refractivity contribution is 0.0884. The van der Waals surface area contributed by atoms with Crippen LogP contribution in [0.15, 0.2) is 24.5 Å². The SMILES string of the molecule is COCCC(C)C(O)c1cccnc1. The van der Waals surface area contributed by atoms with E-state index in [1.807, 2.05) is 19.1 Å². The van der Waals surface area contributed by atoms with Crippen LogP contribution in [0.1, 0.15) is 25.0 Å². The Hall–Kier alpha value is -0.930. The van der Waals surface area contributed by atoms with Crippen molar-refractivity contribution >= 4 is 0 Å². The fourth-order valence-electron chi connectivity index (χ4n) is 1.34. The minimum absolute atomic E-state index is 0.194. The molecule has 0 aliphatic heterocycles. The molecule has 0 saturated heterocycles. The number of aliphatic hydroxyl groups excluding tert-OH is 1. The maximum Gasteiger partial charge on any atom is 0.0831 e. The van der Waals surface area contributed by atoms with E-state index in [1.165, 1.54) is 0 Å². The maximum absolute atomic E-state index is 9.92. The van der Waals surface area contributed by atoms with Gasteiger partial charge in [0.15, 0.2) is 0 Å². The van der Waals surface area contributed by atoms with E-state index in [9.17, 15) is 5.11 Å². The third kappa shape index (κ3) is 3.09. The van der Waals surface area contributed by atoms with E-state index in [0.717, 1.165) is 12.0 Å². The molecule has 0 aliphatic carbocycles. The summed E-state index contributed by atoms with van der Waals surface area (Å²) in [5.74, 6) is 0.194. The molecular weight excluding hydrogens is 178 g/mol. The van der Waals surface area contributed by atoms with Crippen molar-refractivity contribution in [3.8, 4) is 0 Å². The zero-order valence-electron chi connectivity index (χ0n) is 8.68. The Kier molecular flexibility index (Phi) is 4.56. The summed E-state index contributed by atoms with van der Waals surface area (Å²) in [6.45, 7) is 2.69. The Morgan fingerprint density at radius 1 is 1.57 bits per heavy atom. The molecule has 1 heterocycles. The summed E-state index contributed by atoms with van der Waals surface area (Å²) in [4.78, 5) is 3.98. The van der Waals surface area contributed by atoms with Crippen molar-refractivity contribution in [3.63, 3.8) is 0 Å². The van der Waals surface area contributed by atoms with Gasteiger partial charge in [0.25, 0.3) is 0 Å². The number of rotatable bonds is 5. The van der Waals surface area contributed by atoms with Gasteiger partial charge in [-0.3, -0.25) is 4.98 Å². The van der Waals surface area contributed by atoms with Crippen LogP contribution in [-0.4, -0.2) is 23.8 Å². The normalized spacial score (nSPS) is 15.1. The van der Waals surface area contributed by atoms with E-state index in [2.05, 4.69) is 4.98 Å². The number of aliphatic hydroxyl groups is 1. The molecule has 0 saturated carbocycles. The van der Waals surface area contributed by atoms with Gasteiger partial charge in [0, 0.05) is 26.1 Å². The number of hydrogen-bond donors (Lipinski definition) is 1. The average molecular weight is 195 g/mol. The fraction of sp³-hybridized carbons (Fsp3) is 0.545. The Labute approximate surface area is 84.7 Å². The van der Waals surface area contributed by atoms with Crippen LogP contribution in [0.3, 0.4) is 0 Å². The monoisotopic (exact) mass is 195 g/mol. The van der Waals surface area contributed by atoms with Crippen molar-refractivity contribution in [3.05, 3.63) is 30.1 Å². The summed E-state index contributed by atoms with van der Waals surface area (Å²) < 4.78 is 4.97. The second-order valence-corrected chi connectivity index (χ2v) is 3.49. The molecule has 78 valence electrons. The van der Waals surface area contributed by atoms with E-state index < -0.39 is 6.10 Å². The van der Waals surface area contributed by atoms with Crippen LogP contribution in [0, 0.1) is 5.92 Å². The van der Waals surface area contributed by atoms with Crippen molar-refractivity contribution in [1.82, 2.24) is 4.98 Å². The lowest BCUT2D eigenvalue weighted by atomic mass is 9.96. The van der Waals surface area contributed by atoms with E-state index in [-0.39, 0.29) is 5.92 Å². The van der Waals surface area contributed by atoms with Crippen molar-refractivity contribution in [2.24, 2.45) is 5.92 Å². The molecule has 2 unspecified atom stereocenters. The molecule has 0 radical (unpaired) electrons. The highest BCUT2D eigenvalue weighted by Crippen LogP contribution is 2.23. The molecule has 0 amide bonds. The van der Waals surface area contributed by atoms with Gasteiger partial charge < -0.3 is 9.84 Å². The van der Waals surface area contributed by atoms with E-state index in [4.69, 9.17) is 4.74 Å². The Bertz CT molecular complexity index is 251. The Morgan fingerprint density at radius 3 is 2.93 bits per heavy atom. The highest BCUT2D eigenvalue weighted by Gasteiger charge is 2.15. The number of ether oxygens (including phenoxy) is 1. The topological polar surface area (TPSA) is 42.4 Å². The molecule has 14 heavy (non-hydrogen) atoms. The minimum atomic E-state index is -0.446. The van der Waals surface area contributed by atoms with Crippen molar-refractivity contribution in [2.45, 2.75) is 19.4 Å². The fourth-order valence-corrected chi connectivity index (χ4v) is 1.34. The van der Waals surface area contributed by atoms with Crippen LogP contribution in [0.25, 0.3) is 0 Å². The van der Waals surface area contributed by atoms with Crippen molar-refractivity contribution in [1.29, 1.82) is 0 Å². The van der Waals surface area contributed by atoms with Gasteiger partial charge in [-0.05, 0) is 24.0 Å². The lowest BCUT2D eigenvalue weighted by Gasteiger charge is -2.18. The van der Waals surface area contributed by atoms with Crippen LogP contribution in [0.4, 0.5) is 0 Å². The van der Waals surface area contributed by atoms with Crippen LogP contribution in [0.2, 0.25) is 0 Å². The van der Waals surface area contributed by atoms with E-state index in [1.54, 1.807) is 19.5 Å². The summed E-state index contributed by atoms with van der Waals surface area (Å²) in [5, 5.41) is 9.92. The minimum Gasteiger partial charge on any atom is -0.388 e. The summed E-state index contributed by atoms with van der Waals surface area (Å²) in [6.07, 6.45) is 3.81. The number of methoxy groups -OCH3 is 1. The Balaban J connectivity index is 2.52. The highest BCUT2D eigenvalue weighted by molar-refractivity contribution is 5.12. The second-order valence-electron chi connectivity index (χ2n) is 3.49. The number of hydrogen-bond acceptors (Lipinski definition) is 3. The van der Waals surface area contributed by atoms with Gasteiger partial charge in [0.1, 0.15) is 0 Å². The van der Waals surface area contributed by atoms with Crippen LogP contribution >= 0.6 is 0 Å². The van der Waals surface area contributed by atoms with Crippen LogP contribution in [0.5, 0.6) is 0 Å². The largest absolute Gasteiger partial charge is 0.388 e. The average Bonchev–Trinajstić information content (AvgIpc) is 2.26. The van der Waals surface area contributed by atoms with Crippen molar-refractivity contribution in [2.75, 3.05) is 13.7 Å². The standard InChI is InChI=1S/C11H17NO2/c1-9(5-7-14-2)11(13)10-4-3-6-12-8-10/h3-4,6,8-9,11,13H,5,7H2,1-2H3. The van der Waals surface area contributed by atoms with E-state index >= 15 is 0 Å². The van der Waals surface area contributed by atoms with Gasteiger partial charge >= 0.3 is 0 Å². The molecule has 1 aromatic heterocycles. The summed E-state index contributed by atoms with van der Waals surface area (Å²) in [5.41, 5.74) is 0.871. The molecule has 0 fully saturated rings. The molecule has 0 spiro atoms. The van der Waals surface area contributed by atoms with Gasteiger partial charge in [0.2, 0.25) is 0 Å². The summed E-state index contributed by atoms with van der Waals surface area (Å²) in [7, 11) is 1.67. The zero-order chi connectivity index (χ0) is 10.4. The maximum atomic E-state index is 9.92. The first-order valence-electron chi connectivity index (χ1n) is 4.82. The molecule has 1 N–H and O–H groups in total. The summed E-state index contributed by atoms with van der Waals surface area (Å²) in [6, 6.07) is 3.72. The lowest BCUT2D eigenvalue weighted by Crippen LogP contribution is -2.11. The predicted octanol–water partition coefficient (Wildman–Crippen LogP) is 1.79. The third-order valence-corrected chi connectivity index (χ3v) is 2.34. The number of pyridine rings is 1. The molecule has 3 heteroatoms. The molecule has 1 aromatic rings. The molecule has 0 bridgehead atoms. The first-order chi connectivity index (χ1) is 6.75. The van der Waals surface area contributed by atoms with Gasteiger partial charge in [-0.15, -0.1) is 0 Å². The first-order valence-corrected chi connectivity index (χ1v) is 4.82. The third-order valence-electron chi connectivity index (χ3n) is 2.34. The molecular formula is C11H17NO2. The first kappa shape index (κ1) is 11.1. The molecule has 2 atom stereocenters. The van der Waals surface area contributed by atoms with Crippen LogP contribution in [-0.2, 0) is 4.74 Å². The van der Waals surface area contributed by atoms with Gasteiger partial charge in [0.05, 0.1) is 6.10 Å². The summed E-state index contributed by atoms with van der Waals surface area (Å²) >= 11 is 0. The van der Waals surface area contributed by atoms with Crippen LogP contribution < -0.4 is 0 Å². The van der Waals surface area contributed by atoms with Crippen molar-refractivity contribution < 1.29 is 9.84 Å². The molecule has 1 rings (SSSR count). The molecule has 0 aliphatic rings. The quantitative estimate of drug-likeness (QED) is 0.778. The molecule has 0 aromatic carbocycles. The Morgan fingerprint density at radius 2 is 2.36 bits per heavy atom.